The van der Waals surface area contributed by atoms with Crippen LogP contribution in [0.25, 0.3) is 10.2 Å². The Hall–Kier alpha value is -2.46. The van der Waals surface area contributed by atoms with Gasteiger partial charge in [-0.25, -0.2) is 4.98 Å². The number of allylic oxidation sites excluding steroid dienone is 4. The molecule has 3 aromatic rings. The van der Waals surface area contributed by atoms with Crippen LogP contribution in [0.15, 0.2) is 76.7 Å². The number of aromatic nitrogens is 1. The van der Waals surface area contributed by atoms with Gasteiger partial charge in [-0.1, -0.05) is 68.1 Å². The number of nitrogens with zero attached hydrogens (tertiary/aromatic N) is 1. The Bertz CT molecular complexity index is 1790. The number of carbonyl (C=O) groups excluding carboxylic acids is 1. The van der Waals surface area contributed by atoms with E-state index < -0.39 is 39.7 Å². The number of aliphatic hydroxyl groups excluding tert-OH is 1. The van der Waals surface area contributed by atoms with Crippen molar-refractivity contribution < 1.29 is 28.2 Å². The van der Waals surface area contributed by atoms with Crippen molar-refractivity contribution >= 4 is 39.1 Å². The summed E-state index contributed by atoms with van der Waals surface area (Å²) in [7, 11) is 0. The molecule has 0 radical (unpaired) electrons. The predicted molar refractivity (Wildman–Crippen MR) is 175 cm³/mol. The molecule has 1 unspecified atom stereocenters. The molecule has 9 heteroatoms. The molecule has 1 aromatic heterocycles. The lowest BCUT2D eigenvalue weighted by molar-refractivity contribution is -0.166. The van der Waals surface area contributed by atoms with E-state index in [4.69, 9.17) is 4.98 Å². The van der Waals surface area contributed by atoms with Gasteiger partial charge in [0.1, 0.15) is 0 Å². The largest absolute Gasteiger partial charge is 0.416 e. The van der Waals surface area contributed by atoms with Gasteiger partial charge in [-0.05, 0) is 86.5 Å². The first-order valence-corrected chi connectivity index (χ1v) is 18.1. The van der Waals surface area contributed by atoms with E-state index in [1.165, 1.54) is 12.1 Å². The Morgan fingerprint density at radius 3 is 2.52 bits per heavy atom. The maximum absolute atomic E-state index is 14.6. The normalized spacial score (nSPS) is 39.5. The van der Waals surface area contributed by atoms with Crippen LogP contribution in [-0.4, -0.2) is 38.4 Å². The van der Waals surface area contributed by atoms with Gasteiger partial charge >= 0.3 is 6.18 Å². The van der Waals surface area contributed by atoms with E-state index in [1.54, 1.807) is 23.1 Å². The number of thiazole rings is 1. The molecular weight excluding hydrogens is 628 g/mol. The zero-order chi connectivity index (χ0) is 32.3. The zero-order valence-corrected chi connectivity index (χ0v) is 27.6. The SMILES string of the molecule is C[C@]12CC[C@H]3[C@]4(C=C[C@@]5(C=C4C(=O)c4cccc(C(F)(F)F)c4)CC(O)CC[C@]35C)[C@@H]1CC[C@@]2(O)CSc1nc2ccccc2s1. The number of alkyl halides is 3. The summed E-state index contributed by atoms with van der Waals surface area (Å²) in [5.74, 6) is 0.118. The van der Waals surface area contributed by atoms with Crippen LogP contribution in [0.3, 0.4) is 0 Å². The molecule has 9 rings (SSSR count). The highest BCUT2D eigenvalue weighted by Crippen LogP contribution is 2.78. The summed E-state index contributed by atoms with van der Waals surface area (Å²) in [4.78, 5) is 19.4. The van der Waals surface area contributed by atoms with Crippen molar-refractivity contribution in [2.24, 2.45) is 33.5 Å². The van der Waals surface area contributed by atoms with Crippen molar-refractivity contribution in [3.05, 3.63) is 83.5 Å². The van der Waals surface area contributed by atoms with E-state index in [-0.39, 0.29) is 28.6 Å². The fourth-order valence-corrected chi connectivity index (χ4v) is 13.0. The van der Waals surface area contributed by atoms with Crippen molar-refractivity contribution in [2.45, 2.75) is 81.0 Å². The van der Waals surface area contributed by atoms with Gasteiger partial charge in [-0.3, -0.25) is 4.79 Å². The fraction of sp³-hybridized carbons (Fsp3) is 0.514. The van der Waals surface area contributed by atoms with E-state index >= 15 is 0 Å². The Balaban J connectivity index is 1.21. The van der Waals surface area contributed by atoms with Gasteiger partial charge in [0.25, 0.3) is 0 Å². The summed E-state index contributed by atoms with van der Waals surface area (Å²) in [5, 5.41) is 23.4. The molecule has 2 aromatic carbocycles. The highest BCUT2D eigenvalue weighted by molar-refractivity contribution is 8.01. The third-order valence-corrected chi connectivity index (χ3v) is 15.5. The summed E-state index contributed by atoms with van der Waals surface area (Å²) in [6.07, 6.45) is 6.30. The molecule has 2 bridgehead atoms. The van der Waals surface area contributed by atoms with Crippen LogP contribution >= 0.6 is 23.1 Å². The lowest BCUT2D eigenvalue weighted by Gasteiger charge is -2.71. The predicted octanol–water partition coefficient (Wildman–Crippen LogP) is 8.88. The van der Waals surface area contributed by atoms with Crippen molar-refractivity contribution in [3.8, 4) is 0 Å². The van der Waals surface area contributed by atoms with E-state index in [2.05, 4.69) is 32.1 Å². The summed E-state index contributed by atoms with van der Waals surface area (Å²) in [6.45, 7) is 4.48. The van der Waals surface area contributed by atoms with Gasteiger partial charge in [0.05, 0.1) is 27.5 Å². The minimum Gasteiger partial charge on any atom is -0.393 e. The molecular formula is C37H38F3NO3S2. The summed E-state index contributed by atoms with van der Waals surface area (Å²) >= 11 is 3.22. The van der Waals surface area contributed by atoms with Crippen molar-refractivity contribution in [3.63, 3.8) is 0 Å². The molecule has 3 fully saturated rings. The molecule has 46 heavy (non-hydrogen) atoms. The summed E-state index contributed by atoms with van der Waals surface area (Å²) in [5.41, 5.74) is -2.30. The quantitative estimate of drug-likeness (QED) is 0.162. The molecule has 4 nitrogen and oxygen atoms in total. The fourth-order valence-electron chi connectivity index (χ4n) is 10.7. The second kappa shape index (κ2) is 10.0. The molecule has 8 atom stereocenters. The smallest absolute Gasteiger partial charge is 0.393 e. The van der Waals surface area contributed by atoms with E-state index in [0.29, 0.717) is 37.0 Å². The molecule has 242 valence electrons. The standard InChI is InChI=1S/C37H38F3NO3S2/c1-32-13-10-24(42)19-34(32)16-17-36(25(20-34)30(43)22-6-5-7-23(18-22)37(38,39)40)28(32)11-14-33(2)29(36)12-15-35(33,44)21-45-31-41-26-8-3-4-9-27(26)46-31/h3-9,16-18,20,24,28-29,42,44H,10-15,19,21H2,1-2H3/t24?,28-,29-,32-,33+,34+,35-,36-/m1/s1. The molecule has 1 heterocycles. The highest BCUT2D eigenvalue weighted by atomic mass is 32.2. The van der Waals surface area contributed by atoms with Crippen LogP contribution in [0.2, 0.25) is 0 Å². The van der Waals surface area contributed by atoms with Gasteiger partial charge in [0.15, 0.2) is 10.1 Å². The second-order valence-corrected chi connectivity index (χ2v) is 17.2. The number of hydrogen-bond donors (Lipinski definition) is 2. The molecule has 0 aliphatic heterocycles. The molecule has 2 spiro atoms. The maximum atomic E-state index is 14.6. The third kappa shape index (κ3) is 4.07. The number of carbonyl (C=O) groups is 1. The van der Waals surface area contributed by atoms with E-state index in [9.17, 15) is 28.2 Å². The summed E-state index contributed by atoms with van der Waals surface area (Å²) < 4.78 is 43.3. The van der Waals surface area contributed by atoms with Crippen molar-refractivity contribution in [2.75, 3.05) is 5.75 Å². The number of halogens is 3. The van der Waals surface area contributed by atoms with Crippen molar-refractivity contribution in [1.29, 1.82) is 0 Å². The zero-order valence-electron chi connectivity index (χ0n) is 25.9. The first-order valence-electron chi connectivity index (χ1n) is 16.3. The van der Waals surface area contributed by atoms with E-state index in [0.717, 1.165) is 46.0 Å². The Morgan fingerprint density at radius 2 is 1.74 bits per heavy atom. The minimum absolute atomic E-state index is 0.0385. The number of thioether (sulfide) groups is 1. The number of ketones is 1. The lowest BCUT2D eigenvalue weighted by Crippen LogP contribution is -2.67. The van der Waals surface area contributed by atoms with Crippen LogP contribution in [0.1, 0.15) is 74.7 Å². The first-order chi connectivity index (χ1) is 21.7. The van der Waals surface area contributed by atoms with Crippen LogP contribution < -0.4 is 0 Å². The minimum atomic E-state index is -4.56. The number of Topliss-reactive ketones (excluding diaryl/α,β-unsaturated/α-hetero) is 1. The van der Waals surface area contributed by atoms with Crippen LogP contribution in [0, 0.1) is 33.5 Å². The second-order valence-electron chi connectivity index (χ2n) is 15.0. The molecule has 0 saturated heterocycles. The van der Waals surface area contributed by atoms with Crippen LogP contribution in [0.5, 0.6) is 0 Å². The molecule has 0 amide bonds. The number of benzene rings is 2. The number of fused-ring (bicyclic) bond motifs is 2. The number of hydrogen-bond acceptors (Lipinski definition) is 6. The average Bonchev–Trinajstić information content (AvgIpc) is 3.57. The Labute approximate surface area is 275 Å². The number of aliphatic hydroxyl groups is 2. The van der Waals surface area contributed by atoms with Gasteiger partial charge in [0.2, 0.25) is 0 Å². The third-order valence-electron chi connectivity index (χ3n) is 13.1. The lowest BCUT2D eigenvalue weighted by atomic mass is 9.32. The van der Waals surface area contributed by atoms with Crippen LogP contribution in [-0.2, 0) is 6.18 Å². The Morgan fingerprint density at radius 1 is 1.00 bits per heavy atom. The van der Waals surface area contributed by atoms with Gasteiger partial charge in [-0.2, -0.15) is 13.2 Å². The first kappa shape index (κ1) is 30.8. The van der Waals surface area contributed by atoms with Gasteiger partial charge in [-0.15, -0.1) is 11.3 Å². The van der Waals surface area contributed by atoms with Gasteiger partial charge in [0, 0.05) is 33.1 Å². The molecule has 6 aliphatic carbocycles. The maximum Gasteiger partial charge on any atom is 0.416 e. The topological polar surface area (TPSA) is 70.4 Å². The highest BCUT2D eigenvalue weighted by Gasteiger charge is 2.74. The van der Waals surface area contributed by atoms with Crippen LogP contribution in [0.4, 0.5) is 13.2 Å². The number of para-hydroxylation sites is 1. The summed E-state index contributed by atoms with van der Waals surface area (Å²) in [6, 6.07) is 12.8. The van der Waals surface area contributed by atoms with E-state index in [1.807, 2.05) is 24.3 Å². The molecule has 3 saturated carbocycles. The molecule has 2 N–H and O–H groups in total. The van der Waals surface area contributed by atoms with Crippen molar-refractivity contribution in [1.82, 2.24) is 4.98 Å². The number of rotatable bonds is 5. The monoisotopic (exact) mass is 665 g/mol. The Kier molecular flexibility index (Phi) is 6.73. The average molecular weight is 666 g/mol. The van der Waals surface area contributed by atoms with Gasteiger partial charge < -0.3 is 10.2 Å². The molecule has 6 aliphatic rings.